The Balaban J connectivity index is 1.61. The second-order valence-corrected chi connectivity index (χ2v) is 6.65. The molecule has 2 aromatic rings. The maximum absolute atomic E-state index is 12.7. The smallest absolute Gasteiger partial charge is 0.416 e. The van der Waals surface area contributed by atoms with E-state index in [0.29, 0.717) is 28.3 Å². The maximum Gasteiger partial charge on any atom is 0.416 e. The highest BCUT2D eigenvalue weighted by Gasteiger charge is 2.30. The average Bonchev–Trinajstić information content (AvgIpc) is 3.02. The maximum atomic E-state index is 12.7. The fourth-order valence-corrected chi connectivity index (χ4v) is 3.49. The molecular weight excluding hydrogens is 325 g/mol. The number of halogens is 3. The van der Waals surface area contributed by atoms with Crippen LogP contribution in [0.25, 0.3) is 0 Å². The third-order valence-electron chi connectivity index (χ3n) is 3.99. The standard InChI is InChI=1S/C16H17F3N2OS/c17-16(18,19)13-8-4-5-11(9-13)10-23-15-21-20-14(22-15)12-6-2-1-3-7-12/h4-5,8-9,12H,1-3,6-7,10H2. The monoisotopic (exact) mass is 342 g/mol. The van der Waals surface area contributed by atoms with E-state index >= 15 is 0 Å². The highest BCUT2D eigenvalue weighted by atomic mass is 32.2. The molecule has 1 fully saturated rings. The summed E-state index contributed by atoms with van der Waals surface area (Å²) in [5, 5.41) is 8.51. The summed E-state index contributed by atoms with van der Waals surface area (Å²) in [4.78, 5) is 0. The summed E-state index contributed by atoms with van der Waals surface area (Å²) in [6.07, 6.45) is 1.43. The summed E-state index contributed by atoms with van der Waals surface area (Å²) in [6.45, 7) is 0. The molecule has 1 aliphatic carbocycles. The molecule has 0 radical (unpaired) electrons. The molecule has 3 nitrogen and oxygen atoms in total. The van der Waals surface area contributed by atoms with Crippen LogP contribution in [0.2, 0.25) is 0 Å². The molecule has 3 rings (SSSR count). The van der Waals surface area contributed by atoms with Crippen molar-refractivity contribution in [2.24, 2.45) is 0 Å². The van der Waals surface area contributed by atoms with Crippen molar-refractivity contribution in [3.8, 4) is 0 Å². The number of aromatic nitrogens is 2. The zero-order valence-electron chi connectivity index (χ0n) is 12.5. The van der Waals surface area contributed by atoms with Gasteiger partial charge in [-0.3, -0.25) is 0 Å². The first kappa shape index (κ1) is 16.4. The van der Waals surface area contributed by atoms with Crippen molar-refractivity contribution < 1.29 is 17.6 Å². The van der Waals surface area contributed by atoms with E-state index in [0.717, 1.165) is 25.0 Å². The number of thioether (sulfide) groups is 1. The van der Waals surface area contributed by atoms with Crippen LogP contribution in [0.4, 0.5) is 13.2 Å². The summed E-state index contributed by atoms with van der Waals surface area (Å²) in [5.74, 6) is 1.37. The quantitative estimate of drug-likeness (QED) is 0.695. The molecule has 124 valence electrons. The van der Waals surface area contributed by atoms with Crippen molar-refractivity contribution >= 4 is 11.8 Å². The Hall–Kier alpha value is -1.50. The molecule has 0 bridgehead atoms. The minimum atomic E-state index is -4.32. The second-order valence-electron chi connectivity index (χ2n) is 5.73. The van der Waals surface area contributed by atoms with Gasteiger partial charge in [0.05, 0.1) is 5.56 Å². The molecule has 0 aliphatic heterocycles. The van der Waals surface area contributed by atoms with Crippen LogP contribution in [-0.2, 0) is 11.9 Å². The van der Waals surface area contributed by atoms with E-state index in [9.17, 15) is 13.2 Å². The topological polar surface area (TPSA) is 38.9 Å². The summed E-state index contributed by atoms with van der Waals surface area (Å²) in [5.41, 5.74) is -0.0498. The summed E-state index contributed by atoms with van der Waals surface area (Å²) < 4.78 is 43.7. The number of alkyl halides is 3. The van der Waals surface area contributed by atoms with Gasteiger partial charge >= 0.3 is 6.18 Å². The van der Waals surface area contributed by atoms with E-state index in [4.69, 9.17) is 4.42 Å². The third kappa shape index (κ3) is 4.28. The molecule has 0 unspecified atom stereocenters. The average molecular weight is 342 g/mol. The molecule has 0 atom stereocenters. The van der Waals surface area contributed by atoms with Gasteiger partial charge in [-0.1, -0.05) is 49.2 Å². The van der Waals surface area contributed by atoms with Gasteiger partial charge in [-0.25, -0.2) is 0 Å². The van der Waals surface area contributed by atoms with Crippen LogP contribution in [-0.4, -0.2) is 10.2 Å². The Morgan fingerprint density at radius 2 is 1.91 bits per heavy atom. The molecule has 1 aromatic heterocycles. The SMILES string of the molecule is FC(F)(F)c1cccc(CSc2nnc(C3CCCCC3)o2)c1. The van der Waals surface area contributed by atoms with Crippen molar-refractivity contribution in [3.63, 3.8) is 0 Å². The number of nitrogens with zero attached hydrogens (tertiary/aromatic N) is 2. The Bertz CT molecular complexity index is 651. The molecule has 1 aliphatic rings. The lowest BCUT2D eigenvalue weighted by atomic mass is 9.89. The molecule has 0 N–H and O–H groups in total. The number of hydrogen-bond acceptors (Lipinski definition) is 4. The molecular formula is C16H17F3N2OS. The van der Waals surface area contributed by atoms with Gasteiger partial charge in [0.2, 0.25) is 5.89 Å². The first-order chi connectivity index (χ1) is 11.0. The number of rotatable bonds is 4. The fraction of sp³-hybridized carbons (Fsp3) is 0.500. The first-order valence-corrected chi connectivity index (χ1v) is 8.63. The molecule has 0 amide bonds. The Morgan fingerprint density at radius 1 is 1.13 bits per heavy atom. The normalized spacial score (nSPS) is 16.7. The highest BCUT2D eigenvalue weighted by Crippen LogP contribution is 2.34. The molecule has 1 aromatic carbocycles. The lowest BCUT2D eigenvalue weighted by Crippen LogP contribution is -2.04. The zero-order chi connectivity index (χ0) is 16.3. The third-order valence-corrected chi connectivity index (χ3v) is 4.88. The van der Waals surface area contributed by atoms with Crippen LogP contribution in [0.3, 0.4) is 0 Å². The van der Waals surface area contributed by atoms with Crippen molar-refractivity contribution in [3.05, 3.63) is 41.3 Å². The van der Waals surface area contributed by atoms with E-state index in [-0.39, 0.29) is 0 Å². The van der Waals surface area contributed by atoms with E-state index < -0.39 is 11.7 Å². The predicted octanol–water partition coefficient (Wildman–Crippen LogP) is 5.43. The van der Waals surface area contributed by atoms with Crippen LogP contribution in [0.1, 0.15) is 55.0 Å². The molecule has 0 saturated heterocycles. The molecule has 1 heterocycles. The fourth-order valence-electron chi connectivity index (χ4n) is 2.78. The minimum absolute atomic E-state index is 0.333. The van der Waals surface area contributed by atoms with Crippen molar-refractivity contribution in [1.29, 1.82) is 0 Å². The van der Waals surface area contributed by atoms with Gasteiger partial charge in [0, 0.05) is 11.7 Å². The van der Waals surface area contributed by atoms with E-state index in [1.54, 1.807) is 6.07 Å². The van der Waals surface area contributed by atoms with Crippen LogP contribution in [0.5, 0.6) is 0 Å². The van der Waals surface area contributed by atoms with Gasteiger partial charge in [-0.2, -0.15) is 13.2 Å². The van der Waals surface area contributed by atoms with E-state index in [2.05, 4.69) is 10.2 Å². The molecule has 23 heavy (non-hydrogen) atoms. The lowest BCUT2D eigenvalue weighted by Gasteiger charge is -2.17. The second kappa shape index (κ2) is 6.95. The molecule has 7 heteroatoms. The zero-order valence-corrected chi connectivity index (χ0v) is 13.3. The van der Waals surface area contributed by atoms with Crippen LogP contribution in [0, 0.1) is 0 Å². The van der Waals surface area contributed by atoms with Crippen LogP contribution in [0.15, 0.2) is 33.9 Å². The van der Waals surface area contributed by atoms with Crippen LogP contribution < -0.4 is 0 Å². The van der Waals surface area contributed by atoms with Crippen molar-refractivity contribution in [2.45, 2.75) is 55.2 Å². The minimum Gasteiger partial charge on any atom is -0.416 e. The largest absolute Gasteiger partial charge is 0.416 e. The van der Waals surface area contributed by atoms with Gasteiger partial charge in [0.1, 0.15) is 0 Å². The van der Waals surface area contributed by atoms with Crippen LogP contribution >= 0.6 is 11.8 Å². The Kier molecular flexibility index (Phi) is 4.94. The lowest BCUT2D eigenvalue weighted by molar-refractivity contribution is -0.137. The highest BCUT2D eigenvalue weighted by molar-refractivity contribution is 7.98. The van der Waals surface area contributed by atoms with Gasteiger partial charge in [0.15, 0.2) is 0 Å². The van der Waals surface area contributed by atoms with Crippen molar-refractivity contribution in [2.75, 3.05) is 0 Å². The van der Waals surface area contributed by atoms with Gasteiger partial charge in [-0.05, 0) is 24.5 Å². The van der Waals surface area contributed by atoms with Crippen molar-refractivity contribution in [1.82, 2.24) is 10.2 Å². The van der Waals surface area contributed by atoms with E-state index in [1.807, 2.05) is 0 Å². The summed E-state index contributed by atoms with van der Waals surface area (Å²) in [6, 6.07) is 5.31. The molecule has 1 saturated carbocycles. The van der Waals surface area contributed by atoms with Gasteiger partial charge in [-0.15, -0.1) is 10.2 Å². The predicted molar refractivity (Wildman–Crippen MR) is 81.1 cm³/mol. The number of hydrogen-bond donors (Lipinski definition) is 0. The summed E-state index contributed by atoms with van der Waals surface area (Å²) in [7, 11) is 0. The van der Waals surface area contributed by atoms with Gasteiger partial charge < -0.3 is 4.42 Å². The van der Waals surface area contributed by atoms with Gasteiger partial charge in [0.25, 0.3) is 5.22 Å². The summed E-state index contributed by atoms with van der Waals surface area (Å²) >= 11 is 1.27. The number of benzene rings is 1. The first-order valence-electron chi connectivity index (χ1n) is 7.65. The Morgan fingerprint density at radius 3 is 2.65 bits per heavy atom. The van der Waals surface area contributed by atoms with E-state index in [1.165, 1.54) is 37.1 Å². The molecule has 0 spiro atoms. The Labute approximate surface area is 136 Å².